The number of fused-ring (bicyclic) bond motifs is 3. The van der Waals surface area contributed by atoms with Crippen LogP contribution in [0.5, 0.6) is 11.5 Å². The van der Waals surface area contributed by atoms with Gasteiger partial charge in [0, 0.05) is 19.0 Å². The van der Waals surface area contributed by atoms with Crippen molar-refractivity contribution in [3.8, 4) is 11.5 Å². The predicted molar refractivity (Wildman–Crippen MR) is 83.0 cm³/mol. The summed E-state index contributed by atoms with van der Waals surface area (Å²) in [6.45, 7) is 0.589. The number of hydrogen-bond acceptors (Lipinski definition) is 5. The molecule has 1 saturated carbocycles. The average Bonchev–Trinajstić information content (AvgIpc) is 3.33. The highest BCUT2D eigenvalue weighted by molar-refractivity contribution is 6.00. The van der Waals surface area contributed by atoms with Crippen LogP contribution in [-0.4, -0.2) is 49.6 Å². The van der Waals surface area contributed by atoms with Gasteiger partial charge in [-0.05, 0) is 35.3 Å². The molecule has 0 bridgehead atoms. The second-order valence-electron chi connectivity index (χ2n) is 6.68. The standard InChI is InChI=1S/C18H17NO5/c1-22-13-5-9-3-4-19-15(21)7-11-16-17(24-16)12(20)8-18(11,19)10(9)6-14(13)23-2/h5-7,16-17H,3-4,8H2,1-2H3/t16-,17+,18+/m0/s1. The fourth-order valence-electron chi connectivity index (χ4n) is 4.58. The van der Waals surface area contributed by atoms with Gasteiger partial charge in [0.1, 0.15) is 17.7 Å². The van der Waals surface area contributed by atoms with Crippen LogP contribution in [0.3, 0.4) is 0 Å². The Morgan fingerprint density at radius 3 is 2.67 bits per heavy atom. The minimum absolute atomic E-state index is 0.0330. The zero-order valence-corrected chi connectivity index (χ0v) is 13.5. The minimum atomic E-state index is -0.709. The molecular weight excluding hydrogens is 310 g/mol. The summed E-state index contributed by atoms with van der Waals surface area (Å²) in [6, 6.07) is 3.88. The first-order valence-corrected chi connectivity index (χ1v) is 8.07. The normalized spacial score (nSPS) is 32.4. The summed E-state index contributed by atoms with van der Waals surface area (Å²) < 4.78 is 16.4. The third kappa shape index (κ3) is 1.50. The number of benzene rings is 1. The average molecular weight is 327 g/mol. The van der Waals surface area contributed by atoms with Gasteiger partial charge >= 0.3 is 0 Å². The molecular formula is C18H17NO5. The van der Waals surface area contributed by atoms with Gasteiger partial charge in [-0.3, -0.25) is 9.59 Å². The van der Waals surface area contributed by atoms with Crippen LogP contribution < -0.4 is 9.47 Å². The van der Waals surface area contributed by atoms with E-state index in [1.54, 1.807) is 20.3 Å². The van der Waals surface area contributed by atoms with Crippen LogP contribution in [0.4, 0.5) is 0 Å². The number of carbonyl (C=O) groups excluding carboxylic acids is 2. The van der Waals surface area contributed by atoms with E-state index < -0.39 is 5.54 Å². The number of amides is 1. The lowest BCUT2D eigenvalue weighted by molar-refractivity contribution is -0.132. The van der Waals surface area contributed by atoms with E-state index in [-0.39, 0.29) is 30.3 Å². The fourth-order valence-corrected chi connectivity index (χ4v) is 4.58. The van der Waals surface area contributed by atoms with Crippen molar-refractivity contribution in [3.63, 3.8) is 0 Å². The van der Waals surface area contributed by atoms with E-state index in [0.717, 1.165) is 23.1 Å². The van der Waals surface area contributed by atoms with Crippen LogP contribution in [0.15, 0.2) is 23.8 Å². The number of ether oxygens (including phenoxy) is 3. The molecule has 3 heterocycles. The van der Waals surface area contributed by atoms with Crippen molar-refractivity contribution in [3.05, 3.63) is 34.9 Å². The summed E-state index contributed by atoms with van der Waals surface area (Å²) in [5, 5.41) is 0. The fraction of sp³-hybridized carbons (Fsp3) is 0.444. The third-order valence-corrected chi connectivity index (χ3v) is 5.69. The van der Waals surface area contributed by atoms with Crippen LogP contribution in [0.1, 0.15) is 17.5 Å². The van der Waals surface area contributed by atoms with Crippen molar-refractivity contribution >= 4 is 11.7 Å². The first kappa shape index (κ1) is 14.0. The molecule has 124 valence electrons. The smallest absolute Gasteiger partial charge is 0.247 e. The molecule has 6 nitrogen and oxygen atoms in total. The van der Waals surface area contributed by atoms with E-state index in [1.165, 1.54) is 0 Å². The second-order valence-corrected chi connectivity index (χ2v) is 6.68. The van der Waals surface area contributed by atoms with Crippen molar-refractivity contribution in [2.75, 3.05) is 20.8 Å². The Labute approximate surface area is 139 Å². The second kappa shape index (κ2) is 4.39. The quantitative estimate of drug-likeness (QED) is 0.757. The Hall–Kier alpha value is -2.34. The maximum absolute atomic E-state index is 12.6. The van der Waals surface area contributed by atoms with Crippen LogP contribution in [0.2, 0.25) is 0 Å². The number of rotatable bonds is 2. The van der Waals surface area contributed by atoms with E-state index in [2.05, 4.69) is 0 Å². The predicted octanol–water partition coefficient (Wildman–Crippen LogP) is 0.964. The Morgan fingerprint density at radius 2 is 1.92 bits per heavy atom. The summed E-state index contributed by atoms with van der Waals surface area (Å²) >= 11 is 0. The first-order valence-electron chi connectivity index (χ1n) is 8.07. The Kier molecular flexibility index (Phi) is 2.57. The Morgan fingerprint density at radius 1 is 1.17 bits per heavy atom. The lowest BCUT2D eigenvalue weighted by Gasteiger charge is -2.46. The van der Waals surface area contributed by atoms with Gasteiger partial charge in [-0.2, -0.15) is 0 Å². The third-order valence-electron chi connectivity index (χ3n) is 5.69. The SMILES string of the molecule is COc1cc2c(cc1OC)[C@]13CC(=O)[C@H]4O[C@H]4C1=CC(=O)N3CC2. The van der Waals surface area contributed by atoms with Gasteiger partial charge in [0.25, 0.3) is 0 Å². The number of Topliss-reactive ketones (excluding diaryl/α,β-unsaturated/α-hetero) is 1. The number of hydrogen-bond donors (Lipinski definition) is 0. The molecule has 0 unspecified atom stereocenters. The monoisotopic (exact) mass is 327 g/mol. The van der Waals surface area contributed by atoms with Crippen LogP contribution >= 0.6 is 0 Å². The van der Waals surface area contributed by atoms with Crippen molar-refractivity contribution in [1.82, 2.24) is 4.90 Å². The molecule has 0 radical (unpaired) electrons. The maximum atomic E-state index is 12.6. The van der Waals surface area contributed by atoms with Crippen LogP contribution in [-0.2, 0) is 26.3 Å². The molecule has 2 fully saturated rings. The molecule has 1 saturated heterocycles. The van der Waals surface area contributed by atoms with Gasteiger partial charge in [-0.1, -0.05) is 0 Å². The number of nitrogens with zero attached hydrogens (tertiary/aromatic N) is 1. The molecule has 1 aromatic carbocycles. The molecule has 0 N–H and O–H groups in total. The Balaban J connectivity index is 1.76. The van der Waals surface area contributed by atoms with Crippen LogP contribution in [0, 0.1) is 0 Å². The van der Waals surface area contributed by atoms with Gasteiger partial charge in [-0.15, -0.1) is 0 Å². The highest BCUT2D eigenvalue weighted by Crippen LogP contribution is 2.57. The van der Waals surface area contributed by atoms with Gasteiger partial charge in [0.05, 0.1) is 14.2 Å². The van der Waals surface area contributed by atoms with Crippen molar-refractivity contribution in [2.45, 2.75) is 30.6 Å². The number of ketones is 1. The summed E-state index contributed by atoms with van der Waals surface area (Å²) in [6.07, 6.45) is 2.06. The summed E-state index contributed by atoms with van der Waals surface area (Å²) in [5.74, 6) is 1.31. The molecule has 24 heavy (non-hydrogen) atoms. The molecule has 1 aromatic rings. The molecule has 4 aliphatic rings. The topological polar surface area (TPSA) is 68.4 Å². The highest BCUT2D eigenvalue weighted by atomic mass is 16.6. The van der Waals surface area contributed by atoms with E-state index in [1.807, 2.05) is 17.0 Å². The summed E-state index contributed by atoms with van der Waals surface area (Å²) in [4.78, 5) is 26.9. The van der Waals surface area contributed by atoms with E-state index in [0.29, 0.717) is 18.0 Å². The Bertz CT molecular complexity index is 829. The summed E-state index contributed by atoms with van der Waals surface area (Å²) in [5.41, 5.74) is 2.27. The summed E-state index contributed by atoms with van der Waals surface area (Å²) in [7, 11) is 3.19. The van der Waals surface area contributed by atoms with Gasteiger partial charge in [0.15, 0.2) is 17.3 Å². The maximum Gasteiger partial charge on any atom is 0.247 e. The van der Waals surface area contributed by atoms with E-state index in [9.17, 15) is 9.59 Å². The molecule has 1 spiro atoms. The molecule has 1 aliphatic carbocycles. The minimum Gasteiger partial charge on any atom is -0.493 e. The molecule has 1 amide bonds. The van der Waals surface area contributed by atoms with Crippen molar-refractivity contribution < 1.29 is 23.8 Å². The molecule has 0 aromatic heterocycles. The zero-order valence-electron chi connectivity index (χ0n) is 13.5. The van der Waals surface area contributed by atoms with Crippen LogP contribution in [0.25, 0.3) is 0 Å². The van der Waals surface area contributed by atoms with E-state index in [4.69, 9.17) is 14.2 Å². The number of epoxide rings is 1. The lowest BCUT2D eigenvalue weighted by atomic mass is 9.69. The van der Waals surface area contributed by atoms with Crippen molar-refractivity contribution in [2.24, 2.45) is 0 Å². The number of methoxy groups -OCH3 is 2. The van der Waals surface area contributed by atoms with Gasteiger partial charge in [-0.25, -0.2) is 0 Å². The lowest BCUT2D eigenvalue weighted by Crippen LogP contribution is -2.54. The highest BCUT2D eigenvalue weighted by Gasteiger charge is 2.66. The molecule has 6 heteroatoms. The molecule has 5 rings (SSSR count). The van der Waals surface area contributed by atoms with Gasteiger partial charge < -0.3 is 19.1 Å². The first-order chi connectivity index (χ1) is 11.6. The molecule has 3 atom stereocenters. The molecule has 3 aliphatic heterocycles. The van der Waals surface area contributed by atoms with Crippen molar-refractivity contribution in [1.29, 1.82) is 0 Å². The van der Waals surface area contributed by atoms with Gasteiger partial charge in [0.2, 0.25) is 5.91 Å². The zero-order chi connectivity index (χ0) is 16.6. The number of carbonyl (C=O) groups is 2. The largest absolute Gasteiger partial charge is 0.493 e. The van der Waals surface area contributed by atoms with E-state index >= 15 is 0 Å².